The Labute approximate surface area is 387 Å². The van der Waals surface area contributed by atoms with Crippen LogP contribution in [0.3, 0.4) is 0 Å². The second-order valence-electron chi connectivity index (χ2n) is 13.4. The summed E-state index contributed by atoms with van der Waals surface area (Å²) >= 11 is 8.37. The molecule has 0 N–H and O–H groups in total. The van der Waals surface area contributed by atoms with E-state index in [1.807, 2.05) is 0 Å². The van der Waals surface area contributed by atoms with Gasteiger partial charge in [0.25, 0.3) is 0 Å². The van der Waals surface area contributed by atoms with Crippen molar-refractivity contribution in [1.82, 2.24) is 0 Å². The first-order valence-electron chi connectivity index (χ1n) is 16.2. The summed E-state index contributed by atoms with van der Waals surface area (Å²) < 4.78 is 402. The number of halogens is 32. The first-order valence-corrected chi connectivity index (χ1v) is 19.3. The molecule has 0 aromatic rings. The lowest BCUT2D eigenvalue weighted by atomic mass is 9.95. The van der Waals surface area contributed by atoms with E-state index in [1.165, 1.54) is 0 Å². The molecule has 5 heterocycles. The maximum atomic E-state index is 16.0. The Hall–Kier alpha value is -3.44. The summed E-state index contributed by atoms with van der Waals surface area (Å²) in [7, 11) is 0. The van der Waals surface area contributed by atoms with E-state index in [2.05, 4.69) is 83.7 Å². The summed E-state index contributed by atoms with van der Waals surface area (Å²) in [5.41, 5.74) is -33.5. The van der Waals surface area contributed by atoms with Crippen LogP contribution in [0.15, 0.2) is 107 Å². The van der Waals surface area contributed by atoms with Gasteiger partial charge in [0.2, 0.25) is 0 Å². The van der Waals surface area contributed by atoms with Crippen molar-refractivity contribution < 1.29 is 123 Å². The Balaban J connectivity index is 2.21. The molecule has 4 nitrogen and oxygen atoms in total. The SMILES string of the molecule is FC(F)(F)C(F)(F)C(F)(F)C1=C2C=CC(=N2)C(C(F)(F)C(F)(F)C(F)(F)F)=C2N=C(C(Br)=C2Br)C(C(F)(F)C(F)(F)C(F)(F)F)=C2C=CC(=N2)C(C(F)(F)C(F)(F)C(F)(F)F)=C2N=C1C(Br)=C2Br. The molecule has 5 aliphatic rings. The zero-order chi connectivity index (χ0) is 52.9. The quantitative estimate of drug-likeness (QED) is 0.218. The van der Waals surface area contributed by atoms with E-state index in [0.717, 1.165) is 0 Å². The highest BCUT2D eigenvalue weighted by Gasteiger charge is 2.79. The van der Waals surface area contributed by atoms with Gasteiger partial charge in [0.05, 0.1) is 85.9 Å². The zero-order valence-corrected chi connectivity index (χ0v) is 36.5. The van der Waals surface area contributed by atoms with Gasteiger partial charge in [-0.2, -0.15) is 123 Å². The van der Waals surface area contributed by atoms with Gasteiger partial charge in [0.1, 0.15) is 0 Å². The van der Waals surface area contributed by atoms with Crippen LogP contribution in [0, 0.1) is 0 Å². The molecule has 68 heavy (non-hydrogen) atoms. The van der Waals surface area contributed by atoms with Gasteiger partial charge in [-0.05, 0) is 88.0 Å². The molecule has 0 saturated carbocycles. The molecule has 0 fully saturated rings. The van der Waals surface area contributed by atoms with Crippen LogP contribution in [0.4, 0.5) is 123 Å². The van der Waals surface area contributed by atoms with Crippen LogP contribution in [-0.4, -0.2) is 94.9 Å². The molecule has 5 aliphatic heterocycles. The minimum absolute atomic E-state index is 0.552. The molecule has 376 valence electrons. The van der Waals surface area contributed by atoms with Gasteiger partial charge >= 0.3 is 72.1 Å². The zero-order valence-electron chi connectivity index (χ0n) is 30.2. The van der Waals surface area contributed by atoms with Crippen molar-refractivity contribution in [2.24, 2.45) is 20.0 Å². The third-order valence-corrected chi connectivity index (χ3v) is 13.3. The second-order valence-corrected chi connectivity index (χ2v) is 16.6. The molecule has 8 bridgehead atoms. The van der Waals surface area contributed by atoms with Crippen LogP contribution in [0.25, 0.3) is 0 Å². The fourth-order valence-corrected chi connectivity index (χ4v) is 7.74. The number of aliphatic imine (C=N–C) groups is 4. The standard InChI is InChI=1S/C32H4Br4F28N4/c33-13-14(34)19-11(23(41,42)27(49,50)31(59,60)61)7-3-4-8(66-7)12(24(43,44)28(51,52)32(62,63)64)20-16(36)15(35)18(68-20)10(22(39,40)26(47,48)30(56,57)58)6-2-1-5(65-6)9(17(13)67-19)21(37,38)25(45,46)29(53,54)55/h1-4H. The normalized spacial score (nSPS) is 20.2. The molecular formula is C32H4Br4F28N4. The Morgan fingerprint density at radius 3 is 0.721 bits per heavy atom. The maximum Gasteiger partial charge on any atom is 0.460 e. The molecule has 0 aromatic carbocycles. The molecule has 0 aliphatic carbocycles. The molecule has 0 amide bonds. The summed E-state index contributed by atoms with van der Waals surface area (Å²) in [4.78, 5) is 10.8. The number of allylic oxidation sites excluding steroid dienone is 12. The number of fused-ring (bicyclic) bond motifs is 4. The van der Waals surface area contributed by atoms with Crippen LogP contribution in [0.5, 0.6) is 0 Å². The summed E-state index contributed by atoms with van der Waals surface area (Å²) in [6.45, 7) is 0. The van der Waals surface area contributed by atoms with Crippen molar-refractivity contribution in [3.8, 4) is 0 Å². The topological polar surface area (TPSA) is 49.4 Å². The van der Waals surface area contributed by atoms with Crippen LogP contribution < -0.4 is 0 Å². The first kappa shape index (κ1) is 55.5. The summed E-state index contributed by atoms with van der Waals surface area (Å²) in [6, 6.07) is 0. The van der Waals surface area contributed by atoms with Crippen LogP contribution in [-0.2, 0) is 0 Å². The Kier molecular flexibility index (Phi) is 13.1. The number of alkyl halides is 28. The van der Waals surface area contributed by atoms with E-state index in [9.17, 15) is 87.8 Å². The van der Waals surface area contributed by atoms with Crippen molar-refractivity contribution in [3.63, 3.8) is 0 Å². The van der Waals surface area contributed by atoms with Crippen LogP contribution >= 0.6 is 63.7 Å². The molecule has 5 rings (SSSR count). The van der Waals surface area contributed by atoms with Crippen molar-refractivity contribution in [1.29, 1.82) is 0 Å². The van der Waals surface area contributed by atoms with Crippen molar-refractivity contribution in [3.05, 3.63) is 87.3 Å². The van der Waals surface area contributed by atoms with E-state index in [0.29, 0.717) is 0 Å². The molecule has 0 unspecified atom stereocenters. The molecule has 36 heteroatoms. The summed E-state index contributed by atoms with van der Waals surface area (Å²) in [5.74, 6) is -59.1. The lowest BCUT2D eigenvalue weighted by Gasteiger charge is -2.31. The third kappa shape index (κ3) is 7.78. The van der Waals surface area contributed by atoms with Gasteiger partial charge in [-0.25, -0.2) is 20.0 Å². The third-order valence-electron chi connectivity index (χ3n) is 9.17. The molecule has 0 saturated heterocycles. The molecule has 0 radical (unpaired) electrons. The first-order chi connectivity index (χ1) is 30.0. The van der Waals surface area contributed by atoms with E-state index < -0.39 is 182 Å². The van der Waals surface area contributed by atoms with Gasteiger partial charge in [0, 0.05) is 0 Å². The lowest BCUT2D eigenvalue weighted by molar-refractivity contribution is -0.343. The van der Waals surface area contributed by atoms with Crippen LogP contribution in [0.2, 0.25) is 0 Å². The van der Waals surface area contributed by atoms with E-state index in [-0.39, 0.29) is 0 Å². The van der Waals surface area contributed by atoms with Gasteiger partial charge in [-0.3, -0.25) is 0 Å². The minimum atomic E-state index is -7.60. The number of rotatable bonds is 8. The van der Waals surface area contributed by atoms with Gasteiger partial charge in [-0.15, -0.1) is 0 Å². The smallest absolute Gasteiger partial charge is 0.248 e. The Bertz CT molecular complexity index is 2470. The largest absolute Gasteiger partial charge is 0.460 e. The number of nitrogens with zero attached hydrogens (tertiary/aromatic N) is 4. The Morgan fingerprint density at radius 1 is 0.279 bits per heavy atom. The monoisotopic (exact) mass is 1290 g/mol. The van der Waals surface area contributed by atoms with E-state index in [4.69, 9.17) is 0 Å². The summed E-state index contributed by atoms with van der Waals surface area (Å²) in [5, 5.41) is 0. The minimum Gasteiger partial charge on any atom is -0.248 e. The van der Waals surface area contributed by atoms with E-state index in [1.54, 1.807) is 0 Å². The highest BCUT2D eigenvalue weighted by molar-refractivity contribution is 9.14. The van der Waals surface area contributed by atoms with E-state index >= 15 is 35.1 Å². The number of hydrogen-bond acceptors (Lipinski definition) is 4. The van der Waals surface area contributed by atoms with Crippen LogP contribution in [0.1, 0.15) is 0 Å². The van der Waals surface area contributed by atoms with Gasteiger partial charge in [-0.1, -0.05) is 0 Å². The molecule has 0 atom stereocenters. The highest BCUT2D eigenvalue weighted by Crippen LogP contribution is 2.60. The Morgan fingerprint density at radius 2 is 0.500 bits per heavy atom. The van der Waals surface area contributed by atoms with Gasteiger partial charge in [0.15, 0.2) is 0 Å². The van der Waals surface area contributed by atoms with Crippen molar-refractivity contribution in [2.75, 3.05) is 0 Å². The molecule has 0 spiro atoms. The predicted molar refractivity (Wildman–Crippen MR) is 190 cm³/mol. The maximum absolute atomic E-state index is 16.0. The lowest BCUT2D eigenvalue weighted by Crippen LogP contribution is -2.54. The second kappa shape index (κ2) is 16.0. The van der Waals surface area contributed by atoms with Crippen molar-refractivity contribution >= 4 is 86.6 Å². The summed E-state index contributed by atoms with van der Waals surface area (Å²) in [6.07, 6.45) is -32.3. The number of hydrogen-bond donors (Lipinski definition) is 0. The molecule has 0 aromatic heterocycles. The van der Waals surface area contributed by atoms with Gasteiger partial charge < -0.3 is 0 Å². The molecular weight excluding hydrogens is 1290 g/mol. The highest BCUT2D eigenvalue weighted by atomic mass is 79.9. The predicted octanol–water partition coefficient (Wildman–Crippen LogP) is 15.3. The van der Waals surface area contributed by atoms with Crippen molar-refractivity contribution in [2.45, 2.75) is 72.1 Å². The average molecular weight is 1300 g/mol. The fraction of sp³-hybridized carbons (Fsp3) is 0.375. The average Bonchev–Trinajstić information content (AvgIpc) is 3.93. The fourth-order valence-electron chi connectivity index (χ4n) is 5.84.